The van der Waals surface area contributed by atoms with Crippen molar-refractivity contribution < 1.29 is 14.2 Å². The molecular formula is C12H14N2O3. The van der Waals surface area contributed by atoms with Crippen LogP contribution >= 0.6 is 0 Å². The van der Waals surface area contributed by atoms with Crippen LogP contribution in [0.25, 0.3) is 0 Å². The molecule has 0 fully saturated rings. The Balaban J connectivity index is 2.07. The number of hydrogen-bond donors (Lipinski definition) is 1. The molecule has 0 aliphatic carbocycles. The highest BCUT2D eigenvalue weighted by Crippen LogP contribution is 2.33. The van der Waals surface area contributed by atoms with Gasteiger partial charge in [-0.25, -0.2) is 0 Å². The lowest BCUT2D eigenvalue weighted by Crippen LogP contribution is -2.23. The van der Waals surface area contributed by atoms with Crippen molar-refractivity contribution in [2.75, 3.05) is 27.1 Å². The van der Waals surface area contributed by atoms with Crippen LogP contribution in [0.4, 0.5) is 0 Å². The Morgan fingerprint density at radius 3 is 3.06 bits per heavy atom. The zero-order valence-electron chi connectivity index (χ0n) is 9.60. The van der Waals surface area contributed by atoms with Gasteiger partial charge in [0.25, 0.3) is 0 Å². The van der Waals surface area contributed by atoms with Gasteiger partial charge in [0.2, 0.25) is 6.79 Å². The summed E-state index contributed by atoms with van der Waals surface area (Å²) >= 11 is 0. The van der Waals surface area contributed by atoms with Gasteiger partial charge in [-0.1, -0.05) is 6.07 Å². The van der Waals surface area contributed by atoms with Crippen molar-refractivity contribution >= 4 is 0 Å². The van der Waals surface area contributed by atoms with Gasteiger partial charge in [-0.15, -0.1) is 0 Å². The summed E-state index contributed by atoms with van der Waals surface area (Å²) in [6, 6.07) is 7.36. The fraction of sp³-hybridized carbons (Fsp3) is 0.417. The van der Waals surface area contributed by atoms with Crippen molar-refractivity contribution in [2.24, 2.45) is 0 Å². The van der Waals surface area contributed by atoms with Gasteiger partial charge in [0, 0.05) is 13.7 Å². The van der Waals surface area contributed by atoms with Crippen molar-refractivity contribution in [1.29, 1.82) is 5.26 Å². The number of nitrogens with one attached hydrogen (secondary N) is 1. The van der Waals surface area contributed by atoms with Crippen molar-refractivity contribution in [1.82, 2.24) is 5.32 Å². The van der Waals surface area contributed by atoms with Crippen molar-refractivity contribution in [2.45, 2.75) is 6.04 Å². The minimum absolute atomic E-state index is 0.243. The molecule has 0 aromatic heterocycles. The van der Waals surface area contributed by atoms with Gasteiger partial charge in [-0.05, 0) is 17.7 Å². The second-order valence-corrected chi connectivity index (χ2v) is 3.62. The highest BCUT2D eigenvalue weighted by molar-refractivity contribution is 5.46. The van der Waals surface area contributed by atoms with E-state index < -0.39 is 0 Å². The summed E-state index contributed by atoms with van der Waals surface area (Å²) in [5, 5.41) is 12.2. The van der Waals surface area contributed by atoms with E-state index in [2.05, 4.69) is 11.4 Å². The van der Waals surface area contributed by atoms with Crippen LogP contribution in [-0.2, 0) is 4.74 Å². The highest BCUT2D eigenvalue weighted by atomic mass is 16.7. The molecule has 0 radical (unpaired) electrons. The number of nitrogens with zero attached hydrogens (tertiary/aromatic N) is 1. The molecular weight excluding hydrogens is 220 g/mol. The molecule has 0 spiro atoms. The predicted molar refractivity (Wildman–Crippen MR) is 60.8 cm³/mol. The Bertz CT molecular complexity index is 428. The van der Waals surface area contributed by atoms with E-state index in [9.17, 15) is 0 Å². The predicted octanol–water partition coefficient (Wildman–Crippen LogP) is 1.22. The summed E-state index contributed by atoms with van der Waals surface area (Å²) in [7, 11) is 1.63. The quantitative estimate of drug-likeness (QED) is 0.776. The largest absolute Gasteiger partial charge is 0.454 e. The Hall–Kier alpha value is -1.77. The second-order valence-electron chi connectivity index (χ2n) is 3.62. The Morgan fingerprint density at radius 2 is 2.29 bits per heavy atom. The summed E-state index contributed by atoms with van der Waals surface area (Å²) in [4.78, 5) is 0. The molecule has 17 heavy (non-hydrogen) atoms. The smallest absolute Gasteiger partial charge is 0.231 e. The summed E-state index contributed by atoms with van der Waals surface area (Å²) in [6.45, 7) is 1.44. The van der Waals surface area contributed by atoms with Crippen molar-refractivity contribution in [3.05, 3.63) is 23.8 Å². The van der Waals surface area contributed by atoms with Gasteiger partial charge >= 0.3 is 0 Å². The normalized spacial score (nSPS) is 14.4. The molecule has 1 aromatic rings. The number of ether oxygens (including phenoxy) is 3. The van der Waals surface area contributed by atoms with Crippen LogP contribution in [0.15, 0.2) is 18.2 Å². The molecule has 90 valence electrons. The van der Waals surface area contributed by atoms with E-state index in [1.54, 1.807) is 7.11 Å². The van der Waals surface area contributed by atoms with E-state index in [0.29, 0.717) is 18.9 Å². The molecule has 0 bridgehead atoms. The summed E-state index contributed by atoms with van der Waals surface area (Å²) in [5.41, 5.74) is 0.868. The Kier molecular flexibility index (Phi) is 3.81. The maximum absolute atomic E-state index is 9.10. The molecule has 1 aliphatic rings. The maximum Gasteiger partial charge on any atom is 0.231 e. The summed E-state index contributed by atoms with van der Waals surface area (Å²) in [5.74, 6) is 1.42. The standard InChI is InChI=1S/C12H14N2O3/c1-15-5-4-14-10(7-13)9-2-3-11-12(6-9)17-8-16-11/h2-3,6,10,14H,4-5,8H2,1H3. The van der Waals surface area contributed by atoms with Crippen LogP contribution in [0, 0.1) is 11.3 Å². The number of benzene rings is 1. The first-order valence-electron chi connectivity index (χ1n) is 5.36. The van der Waals surface area contributed by atoms with Crippen LogP contribution in [0.3, 0.4) is 0 Å². The number of rotatable bonds is 5. The molecule has 5 nitrogen and oxygen atoms in total. The zero-order chi connectivity index (χ0) is 12.1. The Morgan fingerprint density at radius 1 is 1.47 bits per heavy atom. The molecule has 1 N–H and O–H groups in total. The summed E-state index contributed by atoms with van der Waals surface area (Å²) < 4.78 is 15.4. The Labute approximate surface area is 99.9 Å². The third-order valence-electron chi connectivity index (χ3n) is 2.51. The molecule has 1 aliphatic heterocycles. The number of nitriles is 1. The van der Waals surface area contributed by atoms with Crippen LogP contribution < -0.4 is 14.8 Å². The first-order valence-corrected chi connectivity index (χ1v) is 5.36. The van der Waals surface area contributed by atoms with Gasteiger partial charge in [0.05, 0.1) is 12.7 Å². The third kappa shape index (κ3) is 2.67. The first-order chi connectivity index (χ1) is 8.35. The van der Waals surface area contributed by atoms with Gasteiger partial charge < -0.3 is 14.2 Å². The van der Waals surface area contributed by atoms with E-state index in [4.69, 9.17) is 19.5 Å². The van der Waals surface area contributed by atoms with Crippen molar-refractivity contribution in [3.63, 3.8) is 0 Å². The fourth-order valence-electron chi connectivity index (χ4n) is 1.64. The lowest BCUT2D eigenvalue weighted by molar-refractivity contribution is 0.174. The third-order valence-corrected chi connectivity index (χ3v) is 2.51. The minimum Gasteiger partial charge on any atom is -0.454 e. The minimum atomic E-state index is -0.361. The molecule has 1 atom stereocenters. The molecule has 2 rings (SSSR count). The molecule has 5 heteroatoms. The molecule has 0 saturated heterocycles. The molecule has 1 unspecified atom stereocenters. The summed E-state index contributed by atoms with van der Waals surface area (Å²) in [6.07, 6.45) is 0. The number of hydrogen-bond acceptors (Lipinski definition) is 5. The molecule has 0 saturated carbocycles. The van der Waals surface area contributed by atoms with Gasteiger partial charge in [0.15, 0.2) is 11.5 Å². The van der Waals surface area contributed by atoms with E-state index in [1.165, 1.54) is 0 Å². The van der Waals surface area contributed by atoms with E-state index in [1.807, 2.05) is 18.2 Å². The molecule has 1 aromatic carbocycles. The average molecular weight is 234 g/mol. The van der Waals surface area contributed by atoms with E-state index in [0.717, 1.165) is 11.3 Å². The highest BCUT2D eigenvalue weighted by Gasteiger charge is 2.17. The number of fused-ring (bicyclic) bond motifs is 1. The zero-order valence-corrected chi connectivity index (χ0v) is 9.60. The monoisotopic (exact) mass is 234 g/mol. The van der Waals surface area contributed by atoms with Gasteiger partial charge in [-0.2, -0.15) is 5.26 Å². The van der Waals surface area contributed by atoms with Crippen LogP contribution in [0.1, 0.15) is 11.6 Å². The van der Waals surface area contributed by atoms with E-state index >= 15 is 0 Å². The lowest BCUT2D eigenvalue weighted by atomic mass is 10.1. The van der Waals surface area contributed by atoms with Crippen LogP contribution in [0.5, 0.6) is 11.5 Å². The van der Waals surface area contributed by atoms with E-state index in [-0.39, 0.29) is 12.8 Å². The second kappa shape index (κ2) is 5.53. The average Bonchev–Trinajstić information content (AvgIpc) is 2.82. The lowest BCUT2D eigenvalue weighted by Gasteiger charge is -2.11. The maximum atomic E-state index is 9.10. The van der Waals surface area contributed by atoms with Gasteiger partial charge in [0.1, 0.15) is 6.04 Å². The van der Waals surface area contributed by atoms with Gasteiger partial charge in [-0.3, -0.25) is 5.32 Å². The van der Waals surface area contributed by atoms with Crippen LogP contribution in [0.2, 0.25) is 0 Å². The van der Waals surface area contributed by atoms with Crippen LogP contribution in [-0.4, -0.2) is 27.1 Å². The fourth-order valence-corrected chi connectivity index (χ4v) is 1.64. The molecule has 1 heterocycles. The topological polar surface area (TPSA) is 63.5 Å². The first kappa shape index (κ1) is 11.7. The number of methoxy groups -OCH3 is 1. The van der Waals surface area contributed by atoms with Crippen molar-refractivity contribution in [3.8, 4) is 17.6 Å². The SMILES string of the molecule is COCCNC(C#N)c1ccc2c(c1)OCO2. The molecule has 0 amide bonds.